The minimum absolute atomic E-state index is 0.102. The molecule has 0 aliphatic carbocycles. The number of nitrogens with two attached hydrogens (primary N) is 1. The quantitative estimate of drug-likeness (QED) is 0.0412. The van der Waals surface area contributed by atoms with E-state index in [4.69, 9.17) is 19.9 Å². The first-order chi connectivity index (χ1) is 29.0. The summed E-state index contributed by atoms with van der Waals surface area (Å²) in [4.78, 5) is 69.9. The summed E-state index contributed by atoms with van der Waals surface area (Å²) >= 11 is 0. The Hall–Kier alpha value is -5.64. The number of sulfone groups is 1. The van der Waals surface area contributed by atoms with Gasteiger partial charge >= 0.3 is 5.97 Å². The van der Waals surface area contributed by atoms with Crippen molar-refractivity contribution in [2.45, 2.75) is 90.2 Å². The van der Waals surface area contributed by atoms with E-state index in [1.54, 1.807) is 62.0 Å². The van der Waals surface area contributed by atoms with E-state index in [1.807, 2.05) is 6.08 Å². The summed E-state index contributed by atoms with van der Waals surface area (Å²) in [5.74, 6) is -1.88. The lowest BCUT2D eigenvalue weighted by Crippen LogP contribution is -2.45. The van der Waals surface area contributed by atoms with Crippen molar-refractivity contribution < 1.29 is 46.6 Å². The van der Waals surface area contributed by atoms with E-state index in [0.29, 0.717) is 75.2 Å². The van der Waals surface area contributed by atoms with Crippen LogP contribution in [0.4, 0.5) is 5.69 Å². The molecule has 334 valence electrons. The van der Waals surface area contributed by atoms with Crippen LogP contribution in [0.5, 0.6) is 0 Å². The normalized spacial score (nSPS) is 12.1. The molecule has 1 aromatic carbocycles. The van der Waals surface area contributed by atoms with Crippen molar-refractivity contribution in [3.63, 3.8) is 0 Å². The highest BCUT2D eigenvalue weighted by Crippen LogP contribution is 2.18. The van der Waals surface area contributed by atoms with Gasteiger partial charge in [-0.25, -0.2) is 23.1 Å². The van der Waals surface area contributed by atoms with E-state index in [-0.39, 0.29) is 49.9 Å². The second kappa shape index (κ2) is 25.9. The third-order valence-electron chi connectivity index (χ3n) is 8.42. The molecule has 3 aromatic rings. The van der Waals surface area contributed by atoms with Crippen LogP contribution in [0.3, 0.4) is 0 Å². The topological polar surface area (TPSA) is 278 Å². The van der Waals surface area contributed by atoms with Gasteiger partial charge in [-0.3, -0.25) is 24.0 Å². The van der Waals surface area contributed by atoms with Crippen molar-refractivity contribution in [2.24, 2.45) is 11.1 Å². The minimum Gasteiger partial charge on any atom is -0.460 e. The number of amides is 4. The highest BCUT2D eigenvalue weighted by molar-refractivity contribution is 7.90. The van der Waals surface area contributed by atoms with Crippen molar-refractivity contribution in [1.29, 1.82) is 0 Å². The second-order valence-electron chi connectivity index (χ2n) is 15.0. The van der Waals surface area contributed by atoms with Crippen LogP contribution in [0.25, 0.3) is 6.08 Å². The Kier molecular flexibility index (Phi) is 21.1. The molecule has 21 heteroatoms. The van der Waals surface area contributed by atoms with Crippen molar-refractivity contribution in [3.8, 4) is 0 Å². The maximum Gasteiger partial charge on any atom is 0.311 e. The Morgan fingerprint density at radius 1 is 0.918 bits per heavy atom. The van der Waals surface area contributed by atoms with Crippen LogP contribution in [0.1, 0.15) is 76.1 Å². The summed E-state index contributed by atoms with van der Waals surface area (Å²) in [5.41, 5.74) is 7.49. The van der Waals surface area contributed by atoms with Crippen LogP contribution < -0.4 is 27.0 Å². The Labute approximate surface area is 356 Å². The van der Waals surface area contributed by atoms with Crippen LogP contribution in [-0.2, 0) is 67.7 Å². The minimum atomic E-state index is -3.45. The van der Waals surface area contributed by atoms with Crippen molar-refractivity contribution in [2.75, 3.05) is 51.1 Å². The standard InChI is InChI=1S/C40H58N10O10S/c1-40(2,3)38(55)60-26-29-13-15-31(16-14-29)46-37(54)33(11-8-9-17-41)47-36(53)28-59-27-35(52)42-18-20-58-21-19-50-25-32(48-49-50)24-43-34(51)12-7-5-6-10-30-22-44-39(45-23-30)61(4,56)57/h6,10,13-16,22-23,25,33H,5,7-9,11-12,17-21,24,26-28,41H2,1-4H3,(H,42,52)(H,43,51)(H,46,54)(H,47,53)/b10-6+/t33-/m0/s1. The van der Waals surface area contributed by atoms with Crippen molar-refractivity contribution in [3.05, 3.63) is 65.8 Å². The summed E-state index contributed by atoms with van der Waals surface area (Å²) in [6.45, 7) is 6.39. The third-order valence-corrected chi connectivity index (χ3v) is 9.29. The SMILES string of the molecule is CC(C)(C)C(=O)OCc1ccc(NC(=O)[C@H](CCCCN)NC(=O)COCC(=O)NCCOCCn2cc(CNC(=O)CCC/C=C/c3cnc(S(C)(=O)=O)nc3)nn2)cc1. The van der Waals surface area contributed by atoms with Gasteiger partial charge in [0.05, 0.1) is 37.9 Å². The first kappa shape index (κ1) is 49.7. The summed E-state index contributed by atoms with van der Waals surface area (Å²) in [7, 11) is -3.45. The predicted octanol–water partition coefficient (Wildman–Crippen LogP) is 1.46. The maximum atomic E-state index is 13.1. The van der Waals surface area contributed by atoms with Crippen molar-refractivity contribution in [1.82, 2.24) is 40.9 Å². The van der Waals surface area contributed by atoms with Gasteiger partial charge in [-0.2, -0.15) is 0 Å². The van der Waals surface area contributed by atoms with Crippen molar-refractivity contribution >= 4 is 51.2 Å². The molecule has 2 heterocycles. The van der Waals surface area contributed by atoms with Gasteiger partial charge in [0.2, 0.25) is 38.6 Å². The molecule has 61 heavy (non-hydrogen) atoms. The number of hydrogen-bond acceptors (Lipinski definition) is 15. The van der Waals surface area contributed by atoms with Crippen LogP contribution in [0, 0.1) is 5.41 Å². The van der Waals surface area contributed by atoms with Gasteiger partial charge in [0.1, 0.15) is 31.6 Å². The number of carbonyl (C=O) groups is 5. The molecule has 0 fully saturated rings. The first-order valence-corrected chi connectivity index (χ1v) is 21.8. The van der Waals surface area contributed by atoms with E-state index in [9.17, 15) is 32.4 Å². The number of nitrogens with one attached hydrogen (secondary N) is 4. The number of anilines is 1. The van der Waals surface area contributed by atoms with Gasteiger partial charge in [-0.1, -0.05) is 29.5 Å². The number of esters is 1. The molecule has 0 unspecified atom stereocenters. The fourth-order valence-corrected chi connectivity index (χ4v) is 5.59. The number of hydrogen-bond donors (Lipinski definition) is 5. The Morgan fingerprint density at radius 3 is 2.33 bits per heavy atom. The van der Waals surface area contributed by atoms with Gasteiger partial charge in [0, 0.05) is 42.9 Å². The lowest BCUT2D eigenvalue weighted by atomic mass is 9.97. The summed E-state index contributed by atoms with van der Waals surface area (Å²) < 4.78 is 40.6. The van der Waals surface area contributed by atoms with Crippen LogP contribution in [0.15, 0.2) is 54.1 Å². The highest BCUT2D eigenvalue weighted by Gasteiger charge is 2.23. The summed E-state index contributed by atoms with van der Waals surface area (Å²) in [6.07, 6.45) is 12.4. The zero-order valence-electron chi connectivity index (χ0n) is 35.2. The molecule has 0 aliphatic heterocycles. The molecule has 0 saturated carbocycles. The highest BCUT2D eigenvalue weighted by atomic mass is 32.2. The maximum absolute atomic E-state index is 13.1. The molecular formula is C40H58N10O10S. The Balaban J connectivity index is 1.24. The summed E-state index contributed by atoms with van der Waals surface area (Å²) in [6, 6.07) is 5.97. The number of aromatic nitrogens is 5. The second-order valence-corrected chi connectivity index (χ2v) is 16.9. The number of carbonyl (C=O) groups excluding carboxylic acids is 5. The molecule has 6 N–H and O–H groups in total. The zero-order chi connectivity index (χ0) is 44.7. The van der Waals surface area contributed by atoms with E-state index >= 15 is 0 Å². The average molecular weight is 871 g/mol. The van der Waals surface area contributed by atoms with Gasteiger partial charge in [0.15, 0.2) is 0 Å². The molecule has 0 saturated heterocycles. The largest absolute Gasteiger partial charge is 0.460 e. The Bertz CT molecular complexity index is 2000. The predicted molar refractivity (Wildman–Crippen MR) is 224 cm³/mol. The molecule has 2 aromatic heterocycles. The van der Waals surface area contributed by atoms with Gasteiger partial charge in [0.25, 0.3) is 0 Å². The zero-order valence-corrected chi connectivity index (χ0v) is 36.0. The van der Waals surface area contributed by atoms with Gasteiger partial charge in [-0.15, -0.1) is 5.10 Å². The smallest absolute Gasteiger partial charge is 0.311 e. The van der Waals surface area contributed by atoms with Crippen LogP contribution in [0.2, 0.25) is 0 Å². The van der Waals surface area contributed by atoms with E-state index in [0.717, 1.165) is 11.8 Å². The molecule has 4 amide bonds. The molecule has 20 nitrogen and oxygen atoms in total. The lowest BCUT2D eigenvalue weighted by Gasteiger charge is -2.19. The molecule has 0 spiro atoms. The van der Waals surface area contributed by atoms with E-state index < -0.39 is 45.6 Å². The van der Waals surface area contributed by atoms with Crippen LogP contribution in [-0.4, -0.2) is 115 Å². The summed E-state index contributed by atoms with van der Waals surface area (Å²) in [5, 5.41) is 18.8. The van der Waals surface area contributed by atoms with E-state index in [1.165, 1.54) is 12.4 Å². The molecule has 1 atom stereocenters. The van der Waals surface area contributed by atoms with Gasteiger partial charge < -0.3 is 41.2 Å². The fourth-order valence-electron chi connectivity index (χ4n) is 5.10. The van der Waals surface area contributed by atoms with Crippen LogP contribution >= 0.6 is 0 Å². The van der Waals surface area contributed by atoms with Gasteiger partial charge in [-0.05, 0) is 77.1 Å². The lowest BCUT2D eigenvalue weighted by molar-refractivity contribution is -0.154. The van der Waals surface area contributed by atoms with E-state index in [2.05, 4.69) is 41.5 Å². The molecular weight excluding hydrogens is 813 g/mol. The Morgan fingerprint density at radius 2 is 1.64 bits per heavy atom. The number of ether oxygens (including phenoxy) is 3. The number of unbranched alkanes of at least 4 members (excludes halogenated alkanes) is 2. The molecule has 3 rings (SSSR count). The number of benzene rings is 1. The fraction of sp³-hybridized carbons (Fsp3) is 0.525. The molecule has 0 radical (unpaired) electrons. The third kappa shape index (κ3) is 20.5. The molecule has 0 aliphatic rings. The number of nitrogens with zero attached hydrogens (tertiary/aromatic N) is 5. The number of allylic oxidation sites excluding steroid dienone is 1. The average Bonchev–Trinajstić information content (AvgIpc) is 3.67. The first-order valence-electron chi connectivity index (χ1n) is 19.9. The monoisotopic (exact) mass is 870 g/mol. The molecule has 0 bridgehead atoms. The number of rotatable bonds is 27.